The van der Waals surface area contributed by atoms with Crippen LogP contribution in [0.5, 0.6) is 0 Å². The van der Waals surface area contributed by atoms with Gasteiger partial charge in [0.2, 0.25) is 0 Å². The normalized spacial score (nSPS) is 12.6. The summed E-state index contributed by atoms with van der Waals surface area (Å²) in [5.41, 5.74) is 17.0. The second kappa shape index (κ2) is 12.8. The van der Waals surface area contributed by atoms with Crippen molar-refractivity contribution in [2.45, 2.75) is 6.92 Å². The summed E-state index contributed by atoms with van der Waals surface area (Å²) in [6, 6.07) is 57.9. The van der Waals surface area contributed by atoms with Gasteiger partial charge in [-0.05, 0) is 69.9 Å². The van der Waals surface area contributed by atoms with Gasteiger partial charge in [-0.3, -0.25) is 4.98 Å². The lowest BCUT2D eigenvalue weighted by molar-refractivity contribution is 1.28. The smallest absolute Gasteiger partial charge is 0.0796 e. The average molecular weight is 712 g/mol. The van der Waals surface area contributed by atoms with Crippen molar-refractivity contribution in [1.29, 1.82) is 0 Å². The van der Waals surface area contributed by atoms with Crippen LogP contribution in [0.15, 0.2) is 182 Å². The van der Waals surface area contributed by atoms with Crippen LogP contribution in [0.4, 0.5) is 0 Å². The highest BCUT2D eigenvalue weighted by atomic mass is 14.7. The summed E-state index contributed by atoms with van der Waals surface area (Å²) in [4.78, 5) is 15.5. The largest absolute Gasteiger partial charge is 0.255 e. The van der Waals surface area contributed by atoms with Gasteiger partial charge in [0.15, 0.2) is 0 Å². The Kier molecular flexibility index (Phi) is 7.35. The van der Waals surface area contributed by atoms with Crippen LogP contribution < -0.4 is 0 Å². The SMILES string of the molecule is CC1=C=C(c2ccc(-c3cccc(-c4nc5ccccc5c5c6ccccc6c6ccccc6c45)c3)cn2)C=Cc2ccc3ccc(-c4ccccc4)nc3c21. The van der Waals surface area contributed by atoms with Crippen molar-refractivity contribution in [1.82, 2.24) is 15.0 Å². The van der Waals surface area contributed by atoms with Gasteiger partial charge in [-0.1, -0.05) is 146 Å². The summed E-state index contributed by atoms with van der Waals surface area (Å²) in [6.07, 6.45) is 6.26. The molecule has 7 aromatic carbocycles. The van der Waals surface area contributed by atoms with E-state index in [1.54, 1.807) is 0 Å². The van der Waals surface area contributed by atoms with Crippen molar-refractivity contribution in [3.05, 3.63) is 199 Å². The Balaban J connectivity index is 1.01. The molecule has 260 valence electrons. The molecule has 0 bridgehead atoms. The number of allylic oxidation sites excluding steroid dienone is 2. The molecule has 0 aliphatic heterocycles. The molecule has 0 saturated heterocycles. The summed E-state index contributed by atoms with van der Waals surface area (Å²) in [5.74, 6) is 0. The van der Waals surface area contributed by atoms with E-state index >= 15 is 0 Å². The van der Waals surface area contributed by atoms with E-state index in [0.717, 1.165) is 78.0 Å². The van der Waals surface area contributed by atoms with Gasteiger partial charge in [0.25, 0.3) is 0 Å². The maximum atomic E-state index is 5.37. The molecule has 1 aliphatic carbocycles. The number of para-hydroxylation sites is 1. The molecule has 0 radical (unpaired) electrons. The van der Waals surface area contributed by atoms with Crippen molar-refractivity contribution in [3.63, 3.8) is 0 Å². The number of fused-ring (bicyclic) bond motifs is 11. The Hall–Kier alpha value is -7.45. The van der Waals surface area contributed by atoms with E-state index in [1.165, 1.54) is 37.7 Å². The Labute approximate surface area is 324 Å². The number of hydrogen-bond acceptors (Lipinski definition) is 3. The minimum Gasteiger partial charge on any atom is -0.255 e. The highest BCUT2D eigenvalue weighted by Crippen LogP contribution is 2.43. The molecule has 3 heteroatoms. The molecule has 0 unspecified atom stereocenters. The standard InChI is InChI=1S/C53H33N3/c1-33-30-38(25-23-35-22-24-36-26-29-47(55-52(36)49(33)35)34-12-3-2-4-13-34)46-28-27-40(32-54-46)37-14-11-15-39(31-37)53-51-44-19-8-6-17-42(44)41-16-5-7-18-43(41)50(51)45-20-9-10-21-48(45)56-53/h2-29,31-32H,1H3. The second-order valence-electron chi connectivity index (χ2n) is 14.5. The molecule has 10 aromatic rings. The highest BCUT2D eigenvalue weighted by Gasteiger charge is 2.18. The number of pyridine rings is 3. The Morgan fingerprint density at radius 1 is 0.464 bits per heavy atom. The van der Waals surface area contributed by atoms with Crippen LogP contribution in [-0.2, 0) is 0 Å². The first-order valence-electron chi connectivity index (χ1n) is 19.0. The third-order valence-electron chi connectivity index (χ3n) is 11.2. The Bertz CT molecular complexity index is 3330. The van der Waals surface area contributed by atoms with E-state index in [-0.39, 0.29) is 0 Å². The second-order valence-corrected chi connectivity index (χ2v) is 14.5. The van der Waals surface area contributed by atoms with Crippen LogP contribution in [0.3, 0.4) is 0 Å². The monoisotopic (exact) mass is 711 g/mol. The molecule has 3 aromatic heterocycles. The fraction of sp³-hybridized carbons (Fsp3) is 0.0189. The molecule has 0 saturated carbocycles. The van der Waals surface area contributed by atoms with E-state index in [1.807, 2.05) is 12.3 Å². The van der Waals surface area contributed by atoms with Crippen LogP contribution in [0, 0.1) is 0 Å². The lowest BCUT2D eigenvalue weighted by Gasteiger charge is -2.16. The summed E-state index contributed by atoms with van der Waals surface area (Å²) < 4.78 is 0. The van der Waals surface area contributed by atoms with Gasteiger partial charge in [-0.2, -0.15) is 0 Å². The molecule has 11 rings (SSSR count). The van der Waals surface area contributed by atoms with E-state index in [9.17, 15) is 0 Å². The molecule has 0 atom stereocenters. The summed E-state index contributed by atoms with van der Waals surface area (Å²) in [5, 5.41) is 9.65. The van der Waals surface area contributed by atoms with Gasteiger partial charge < -0.3 is 0 Å². The zero-order valence-electron chi connectivity index (χ0n) is 30.7. The quantitative estimate of drug-likeness (QED) is 0.135. The first-order valence-corrected chi connectivity index (χ1v) is 19.0. The lowest BCUT2D eigenvalue weighted by Crippen LogP contribution is -1.93. The highest BCUT2D eigenvalue weighted by molar-refractivity contribution is 6.33. The van der Waals surface area contributed by atoms with Crippen LogP contribution >= 0.6 is 0 Å². The molecule has 0 spiro atoms. The van der Waals surface area contributed by atoms with E-state index < -0.39 is 0 Å². The Morgan fingerprint density at radius 3 is 1.91 bits per heavy atom. The number of hydrogen-bond donors (Lipinski definition) is 0. The van der Waals surface area contributed by atoms with Gasteiger partial charge >= 0.3 is 0 Å². The fourth-order valence-electron chi connectivity index (χ4n) is 8.54. The van der Waals surface area contributed by atoms with Crippen molar-refractivity contribution in [2.24, 2.45) is 0 Å². The molecule has 1 aliphatic rings. The van der Waals surface area contributed by atoms with Gasteiger partial charge in [0.05, 0.1) is 28.1 Å². The topological polar surface area (TPSA) is 38.7 Å². The van der Waals surface area contributed by atoms with Gasteiger partial charge in [-0.25, -0.2) is 9.97 Å². The minimum atomic E-state index is 0.871. The first kappa shape index (κ1) is 32.0. The van der Waals surface area contributed by atoms with Crippen molar-refractivity contribution < 1.29 is 0 Å². The molecule has 3 heterocycles. The van der Waals surface area contributed by atoms with Gasteiger partial charge in [-0.15, -0.1) is 5.73 Å². The molecule has 0 amide bonds. The predicted molar refractivity (Wildman–Crippen MR) is 235 cm³/mol. The van der Waals surface area contributed by atoms with E-state index in [4.69, 9.17) is 15.0 Å². The maximum Gasteiger partial charge on any atom is 0.0796 e. The van der Waals surface area contributed by atoms with Gasteiger partial charge in [0.1, 0.15) is 0 Å². The predicted octanol–water partition coefficient (Wildman–Crippen LogP) is 13.8. The van der Waals surface area contributed by atoms with Gasteiger partial charge in [0, 0.05) is 61.1 Å². The van der Waals surface area contributed by atoms with Crippen molar-refractivity contribution in [3.8, 4) is 33.6 Å². The third-order valence-corrected chi connectivity index (χ3v) is 11.2. The van der Waals surface area contributed by atoms with Crippen LogP contribution in [0.1, 0.15) is 23.7 Å². The zero-order valence-corrected chi connectivity index (χ0v) is 30.7. The first-order chi connectivity index (χ1) is 27.7. The average Bonchev–Trinajstić information content (AvgIpc) is 3.44. The summed E-state index contributed by atoms with van der Waals surface area (Å²) in [6.45, 7) is 2.12. The lowest BCUT2D eigenvalue weighted by atomic mass is 9.89. The number of nitrogens with zero attached hydrogens (tertiary/aromatic N) is 3. The van der Waals surface area contributed by atoms with Crippen molar-refractivity contribution >= 4 is 71.3 Å². The third kappa shape index (κ3) is 5.18. The summed E-state index contributed by atoms with van der Waals surface area (Å²) >= 11 is 0. The maximum absolute atomic E-state index is 5.37. The minimum absolute atomic E-state index is 0.871. The molecule has 56 heavy (non-hydrogen) atoms. The number of aromatic nitrogens is 3. The molecule has 0 fully saturated rings. The molecular weight excluding hydrogens is 679 g/mol. The van der Waals surface area contributed by atoms with E-state index in [2.05, 4.69) is 183 Å². The molecule has 0 N–H and O–H groups in total. The fourth-order valence-corrected chi connectivity index (χ4v) is 8.54. The number of benzene rings is 7. The number of rotatable bonds is 4. The van der Waals surface area contributed by atoms with E-state index in [0.29, 0.717) is 0 Å². The zero-order chi connectivity index (χ0) is 37.2. The Morgan fingerprint density at radius 2 is 1.12 bits per heavy atom. The summed E-state index contributed by atoms with van der Waals surface area (Å²) in [7, 11) is 0. The molecule has 3 nitrogen and oxygen atoms in total. The van der Waals surface area contributed by atoms with Crippen LogP contribution in [0.2, 0.25) is 0 Å². The van der Waals surface area contributed by atoms with Crippen LogP contribution in [-0.4, -0.2) is 15.0 Å². The van der Waals surface area contributed by atoms with Crippen molar-refractivity contribution in [2.75, 3.05) is 0 Å². The molecular formula is C53H33N3. The van der Waals surface area contributed by atoms with Crippen LogP contribution in [0.25, 0.3) is 105 Å².